The lowest BCUT2D eigenvalue weighted by Gasteiger charge is -2.36. The fourth-order valence-corrected chi connectivity index (χ4v) is 2.61. The Morgan fingerprint density at radius 1 is 1.40 bits per heavy atom. The van der Waals surface area contributed by atoms with Crippen LogP contribution in [0.15, 0.2) is 0 Å². The van der Waals surface area contributed by atoms with Crippen LogP contribution in [-0.4, -0.2) is 59.1 Å². The van der Waals surface area contributed by atoms with Gasteiger partial charge in [-0.1, -0.05) is 6.92 Å². The second kappa shape index (κ2) is 4.49. The molecule has 2 saturated heterocycles. The van der Waals surface area contributed by atoms with Crippen molar-refractivity contribution in [2.45, 2.75) is 38.3 Å². The van der Waals surface area contributed by atoms with Crippen molar-refractivity contribution in [2.75, 3.05) is 26.2 Å². The predicted molar refractivity (Wildman–Crippen MR) is 57.5 cm³/mol. The van der Waals surface area contributed by atoms with E-state index in [0.29, 0.717) is 19.0 Å². The topological polar surface area (TPSA) is 43.8 Å². The quantitative estimate of drug-likeness (QED) is 0.704. The molecule has 4 nitrogen and oxygen atoms in total. The number of carbonyl (C=O) groups excluding carboxylic acids is 1. The molecule has 4 heteroatoms. The van der Waals surface area contributed by atoms with E-state index in [0.717, 1.165) is 32.5 Å². The summed E-state index contributed by atoms with van der Waals surface area (Å²) in [5.41, 5.74) is 0. The zero-order valence-corrected chi connectivity index (χ0v) is 9.35. The molecule has 0 bridgehead atoms. The van der Waals surface area contributed by atoms with Gasteiger partial charge in [-0.05, 0) is 19.4 Å². The highest BCUT2D eigenvalue weighted by Crippen LogP contribution is 2.22. The normalized spacial score (nSPS) is 30.1. The largest absolute Gasteiger partial charge is 0.391 e. The zero-order chi connectivity index (χ0) is 10.8. The highest BCUT2D eigenvalue weighted by atomic mass is 16.3. The predicted octanol–water partition coefficient (Wildman–Crippen LogP) is 0.0639. The number of nitrogens with zero attached hydrogens (tertiary/aromatic N) is 2. The molecule has 2 aliphatic heterocycles. The Kier molecular flexibility index (Phi) is 3.26. The van der Waals surface area contributed by atoms with Gasteiger partial charge >= 0.3 is 0 Å². The second-order valence-corrected chi connectivity index (χ2v) is 4.57. The molecule has 15 heavy (non-hydrogen) atoms. The van der Waals surface area contributed by atoms with Crippen LogP contribution in [0.2, 0.25) is 0 Å². The third kappa shape index (κ3) is 2.32. The van der Waals surface area contributed by atoms with Gasteiger partial charge in [-0.2, -0.15) is 0 Å². The average Bonchev–Trinajstić information content (AvgIpc) is 2.58. The Hall–Kier alpha value is -0.610. The third-order valence-electron chi connectivity index (χ3n) is 3.58. The van der Waals surface area contributed by atoms with Gasteiger partial charge in [0.05, 0.1) is 12.5 Å². The van der Waals surface area contributed by atoms with Crippen LogP contribution in [0, 0.1) is 0 Å². The lowest BCUT2D eigenvalue weighted by Crippen LogP contribution is -2.45. The minimum atomic E-state index is -0.429. The molecule has 1 amide bonds. The highest BCUT2D eigenvalue weighted by Gasteiger charge is 2.34. The van der Waals surface area contributed by atoms with E-state index in [1.54, 1.807) is 0 Å². The summed E-state index contributed by atoms with van der Waals surface area (Å²) < 4.78 is 0. The van der Waals surface area contributed by atoms with Crippen LogP contribution in [0.25, 0.3) is 0 Å². The molecule has 1 N–H and O–H groups in total. The van der Waals surface area contributed by atoms with Crippen LogP contribution in [-0.2, 0) is 4.79 Å². The maximum absolute atomic E-state index is 11.6. The standard InChI is InChI=1S/C11H20N2O2/c1-2-12-5-3-9(4-6-12)13-8-10(14)7-11(13)15/h9-10,14H,2-8H2,1H3. The summed E-state index contributed by atoms with van der Waals surface area (Å²) in [6.45, 7) is 5.99. The van der Waals surface area contributed by atoms with Crippen LogP contribution >= 0.6 is 0 Å². The number of hydrogen-bond acceptors (Lipinski definition) is 3. The third-order valence-corrected chi connectivity index (χ3v) is 3.58. The van der Waals surface area contributed by atoms with Crippen molar-refractivity contribution in [1.29, 1.82) is 0 Å². The Bertz CT molecular complexity index is 237. The SMILES string of the molecule is CCN1CCC(N2CC(O)CC2=O)CC1. The summed E-state index contributed by atoms with van der Waals surface area (Å²) >= 11 is 0. The van der Waals surface area contributed by atoms with Gasteiger partial charge < -0.3 is 14.9 Å². The minimum absolute atomic E-state index is 0.137. The molecule has 1 unspecified atom stereocenters. The Labute approximate surface area is 90.9 Å². The zero-order valence-electron chi connectivity index (χ0n) is 9.35. The molecule has 2 heterocycles. The van der Waals surface area contributed by atoms with Crippen LogP contribution < -0.4 is 0 Å². The molecule has 2 rings (SSSR count). The summed E-state index contributed by atoms with van der Waals surface area (Å²) in [6.07, 6.45) is 2.02. The smallest absolute Gasteiger partial charge is 0.225 e. The minimum Gasteiger partial charge on any atom is -0.391 e. The maximum Gasteiger partial charge on any atom is 0.225 e. The van der Waals surface area contributed by atoms with Gasteiger partial charge in [0.2, 0.25) is 5.91 Å². The van der Waals surface area contributed by atoms with Crippen LogP contribution in [0.3, 0.4) is 0 Å². The van der Waals surface area contributed by atoms with E-state index in [9.17, 15) is 9.90 Å². The first kappa shape index (κ1) is 10.9. The van der Waals surface area contributed by atoms with Crippen molar-refractivity contribution in [2.24, 2.45) is 0 Å². The van der Waals surface area contributed by atoms with Gasteiger partial charge in [0.25, 0.3) is 0 Å². The van der Waals surface area contributed by atoms with E-state index < -0.39 is 6.10 Å². The van der Waals surface area contributed by atoms with Gasteiger partial charge in [0.1, 0.15) is 0 Å². The summed E-state index contributed by atoms with van der Waals surface area (Å²) in [5.74, 6) is 0.137. The van der Waals surface area contributed by atoms with Crippen LogP contribution in [0.1, 0.15) is 26.2 Å². The van der Waals surface area contributed by atoms with Crippen molar-refractivity contribution in [3.05, 3.63) is 0 Å². The number of aliphatic hydroxyl groups is 1. The van der Waals surface area contributed by atoms with E-state index in [-0.39, 0.29) is 5.91 Å². The van der Waals surface area contributed by atoms with Gasteiger partial charge in [-0.25, -0.2) is 0 Å². The van der Waals surface area contributed by atoms with E-state index in [2.05, 4.69) is 11.8 Å². The average molecular weight is 212 g/mol. The van der Waals surface area contributed by atoms with Crippen molar-refractivity contribution in [1.82, 2.24) is 9.80 Å². The van der Waals surface area contributed by atoms with Gasteiger partial charge in [-0.15, -0.1) is 0 Å². The molecule has 0 saturated carbocycles. The molecule has 2 fully saturated rings. The van der Waals surface area contributed by atoms with E-state index in [1.807, 2.05) is 4.90 Å². The molecule has 0 aliphatic carbocycles. The molecular weight excluding hydrogens is 192 g/mol. The molecule has 86 valence electrons. The van der Waals surface area contributed by atoms with E-state index in [1.165, 1.54) is 0 Å². The molecule has 1 atom stereocenters. The summed E-state index contributed by atoms with van der Waals surface area (Å²) in [6, 6.07) is 0.373. The van der Waals surface area contributed by atoms with E-state index in [4.69, 9.17) is 0 Å². The molecule has 2 aliphatic rings. The lowest BCUT2D eigenvalue weighted by atomic mass is 10.0. The number of amides is 1. The number of carbonyl (C=O) groups is 1. The molecular formula is C11H20N2O2. The lowest BCUT2D eigenvalue weighted by molar-refractivity contribution is -0.130. The molecule has 0 aromatic heterocycles. The number of hydrogen-bond donors (Lipinski definition) is 1. The Morgan fingerprint density at radius 3 is 2.53 bits per heavy atom. The summed E-state index contributed by atoms with van der Waals surface area (Å²) in [5, 5.41) is 9.43. The highest BCUT2D eigenvalue weighted by molar-refractivity contribution is 5.79. The number of aliphatic hydroxyl groups excluding tert-OH is 1. The Morgan fingerprint density at radius 2 is 2.07 bits per heavy atom. The monoisotopic (exact) mass is 212 g/mol. The number of piperidine rings is 1. The fraction of sp³-hybridized carbons (Fsp3) is 0.909. The number of β-amino-alcohol motifs (C(OH)–C–C–N with tert-alkyl or cyclic N) is 1. The molecule has 0 radical (unpaired) electrons. The van der Waals surface area contributed by atoms with Gasteiger partial charge in [-0.3, -0.25) is 4.79 Å². The first-order valence-electron chi connectivity index (χ1n) is 5.90. The first-order valence-corrected chi connectivity index (χ1v) is 5.90. The van der Waals surface area contributed by atoms with Crippen LogP contribution in [0.5, 0.6) is 0 Å². The summed E-state index contributed by atoms with van der Waals surface area (Å²) in [7, 11) is 0. The maximum atomic E-state index is 11.6. The first-order chi connectivity index (χ1) is 7.20. The second-order valence-electron chi connectivity index (χ2n) is 4.57. The van der Waals surface area contributed by atoms with Gasteiger partial charge in [0, 0.05) is 25.7 Å². The molecule has 0 aromatic carbocycles. The van der Waals surface area contributed by atoms with E-state index >= 15 is 0 Å². The van der Waals surface area contributed by atoms with Crippen molar-refractivity contribution >= 4 is 5.91 Å². The van der Waals surface area contributed by atoms with Crippen molar-refractivity contribution in [3.63, 3.8) is 0 Å². The van der Waals surface area contributed by atoms with Crippen molar-refractivity contribution in [3.8, 4) is 0 Å². The molecule has 0 spiro atoms. The Balaban J connectivity index is 1.88. The van der Waals surface area contributed by atoms with Crippen LogP contribution in [0.4, 0.5) is 0 Å². The fourth-order valence-electron chi connectivity index (χ4n) is 2.61. The van der Waals surface area contributed by atoms with Gasteiger partial charge in [0.15, 0.2) is 0 Å². The molecule has 0 aromatic rings. The van der Waals surface area contributed by atoms with Crippen molar-refractivity contribution < 1.29 is 9.90 Å². The summed E-state index contributed by atoms with van der Waals surface area (Å²) in [4.78, 5) is 15.9. The number of rotatable bonds is 2. The number of likely N-dealkylation sites (tertiary alicyclic amines) is 2.